The van der Waals surface area contributed by atoms with Gasteiger partial charge in [0, 0.05) is 25.3 Å². The molecule has 0 saturated heterocycles. The molecule has 0 heterocycles. The molecule has 8 N–H and O–H groups in total. The highest BCUT2D eigenvalue weighted by atomic mass is 16.5. The molecule has 24 heavy (non-hydrogen) atoms. The highest BCUT2D eigenvalue weighted by molar-refractivity contribution is 4.50. The molecule has 0 aromatic heterocycles. The summed E-state index contributed by atoms with van der Waals surface area (Å²) in [5.41, 5.74) is 21.5. The number of rotatable bonds is 16. The van der Waals surface area contributed by atoms with Crippen LogP contribution in [0.1, 0.15) is 26.7 Å². The molecule has 0 fully saturated rings. The Morgan fingerprint density at radius 3 is 1.21 bits per heavy atom. The van der Waals surface area contributed by atoms with Gasteiger partial charge in [-0.2, -0.15) is 0 Å². The van der Waals surface area contributed by atoms with Crippen molar-refractivity contribution in [1.82, 2.24) is 0 Å². The minimum Gasteiger partial charge on any atom is -0.379 e. The first-order valence-corrected chi connectivity index (χ1v) is 8.76. The lowest BCUT2D eigenvalue weighted by Crippen LogP contribution is -2.25. The molecule has 0 saturated carbocycles. The summed E-state index contributed by atoms with van der Waals surface area (Å²) in [6, 6.07) is 0.192. The number of hydrogen-bond donors (Lipinski definition) is 4. The van der Waals surface area contributed by atoms with Crippen LogP contribution < -0.4 is 22.9 Å². The summed E-state index contributed by atoms with van der Waals surface area (Å²) in [5, 5.41) is 0. The largest absolute Gasteiger partial charge is 0.379 e. The molecule has 8 nitrogen and oxygen atoms in total. The fourth-order valence-electron chi connectivity index (χ4n) is 1.35. The third-order valence-electron chi connectivity index (χ3n) is 2.49. The first-order chi connectivity index (χ1) is 11.5. The van der Waals surface area contributed by atoms with Crippen LogP contribution in [-0.2, 0) is 18.9 Å². The molecule has 2 unspecified atom stereocenters. The second kappa shape index (κ2) is 22.7. The lowest BCUT2D eigenvalue weighted by Gasteiger charge is -2.08. The van der Waals surface area contributed by atoms with Crippen LogP contribution in [0.25, 0.3) is 0 Å². The molecule has 0 bridgehead atoms. The van der Waals surface area contributed by atoms with Crippen LogP contribution in [0.15, 0.2) is 0 Å². The van der Waals surface area contributed by atoms with Crippen molar-refractivity contribution in [2.45, 2.75) is 38.8 Å². The smallest absolute Gasteiger partial charge is 0.0701 e. The van der Waals surface area contributed by atoms with E-state index in [1.165, 1.54) is 0 Å². The van der Waals surface area contributed by atoms with E-state index in [1.54, 1.807) is 0 Å². The topological polar surface area (TPSA) is 141 Å². The maximum Gasteiger partial charge on any atom is 0.0701 e. The average Bonchev–Trinajstić information content (AvgIpc) is 2.53. The van der Waals surface area contributed by atoms with Crippen LogP contribution in [0.2, 0.25) is 0 Å². The molecule has 2 atom stereocenters. The van der Waals surface area contributed by atoms with Gasteiger partial charge in [-0.3, -0.25) is 0 Å². The van der Waals surface area contributed by atoms with Gasteiger partial charge in [-0.15, -0.1) is 0 Å². The van der Waals surface area contributed by atoms with Crippen LogP contribution in [0.5, 0.6) is 0 Å². The third kappa shape index (κ3) is 29.7. The standard InChI is InChI=1S/2C8H20N2O2/c1-7(9)5-11-3-4-12-6-8(2)10;9-3-1-5-11-7-8-12-6-2-4-10/h7-8H,3-6,9-10H2,1-2H3;1-10H2. The lowest BCUT2D eigenvalue weighted by molar-refractivity contribution is 0.0407. The first-order valence-electron chi connectivity index (χ1n) is 8.76. The van der Waals surface area contributed by atoms with Gasteiger partial charge in [-0.05, 0) is 39.8 Å². The van der Waals surface area contributed by atoms with Crippen LogP contribution in [0.3, 0.4) is 0 Å². The Morgan fingerprint density at radius 1 is 0.583 bits per heavy atom. The molecule has 0 aliphatic rings. The zero-order chi connectivity index (χ0) is 18.5. The normalized spacial score (nSPS) is 13.2. The molecule has 0 aromatic carbocycles. The van der Waals surface area contributed by atoms with Gasteiger partial charge >= 0.3 is 0 Å². The summed E-state index contributed by atoms with van der Waals surface area (Å²) in [5.74, 6) is 0. The molecule has 0 amide bonds. The molecule has 0 spiro atoms. The van der Waals surface area contributed by atoms with Crippen LogP contribution >= 0.6 is 0 Å². The molecule has 0 radical (unpaired) electrons. The Morgan fingerprint density at radius 2 is 0.917 bits per heavy atom. The SMILES string of the molecule is CC(N)COCCOCC(C)N.NCCCOCCOCCCN. The summed E-state index contributed by atoms with van der Waals surface area (Å²) < 4.78 is 20.8. The van der Waals surface area contributed by atoms with E-state index in [4.69, 9.17) is 41.9 Å². The molecule has 0 aliphatic carbocycles. The minimum absolute atomic E-state index is 0.0958. The number of nitrogens with two attached hydrogens (primary N) is 4. The quantitative estimate of drug-likeness (QED) is 0.271. The van der Waals surface area contributed by atoms with Crippen LogP contribution in [0, 0.1) is 0 Å². The van der Waals surface area contributed by atoms with E-state index in [-0.39, 0.29) is 12.1 Å². The molecule has 0 aromatic rings. The predicted octanol–water partition coefficient (Wildman–Crippen LogP) is -0.569. The maximum absolute atomic E-state index is 5.47. The fourth-order valence-corrected chi connectivity index (χ4v) is 1.35. The Bertz CT molecular complexity index is 200. The van der Waals surface area contributed by atoms with Gasteiger partial charge in [0.1, 0.15) is 0 Å². The van der Waals surface area contributed by atoms with Gasteiger partial charge in [-0.25, -0.2) is 0 Å². The van der Waals surface area contributed by atoms with Crippen molar-refractivity contribution in [3.63, 3.8) is 0 Å². The summed E-state index contributed by atoms with van der Waals surface area (Å²) in [4.78, 5) is 0. The van der Waals surface area contributed by atoms with Gasteiger partial charge in [0.05, 0.1) is 39.6 Å². The summed E-state index contributed by atoms with van der Waals surface area (Å²) >= 11 is 0. The van der Waals surface area contributed by atoms with Crippen LogP contribution in [-0.4, -0.2) is 78.0 Å². The summed E-state index contributed by atoms with van der Waals surface area (Å²) in [6.07, 6.45) is 1.84. The molecule has 0 aliphatic heterocycles. The fraction of sp³-hybridized carbons (Fsp3) is 1.00. The van der Waals surface area contributed by atoms with Gasteiger partial charge in [0.15, 0.2) is 0 Å². The Balaban J connectivity index is 0. The highest BCUT2D eigenvalue weighted by Crippen LogP contribution is 1.84. The van der Waals surface area contributed by atoms with Gasteiger partial charge in [-0.1, -0.05) is 0 Å². The van der Waals surface area contributed by atoms with E-state index in [0.717, 1.165) is 26.1 Å². The van der Waals surface area contributed by atoms with Crippen molar-refractivity contribution in [3.8, 4) is 0 Å². The zero-order valence-electron chi connectivity index (χ0n) is 15.6. The van der Waals surface area contributed by atoms with Crippen molar-refractivity contribution in [1.29, 1.82) is 0 Å². The Kier molecular flexibility index (Phi) is 24.5. The number of hydrogen-bond acceptors (Lipinski definition) is 8. The van der Waals surface area contributed by atoms with E-state index in [1.807, 2.05) is 13.8 Å². The van der Waals surface area contributed by atoms with E-state index < -0.39 is 0 Å². The molecule has 0 rings (SSSR count). The van der Waals surface area contributed by atoms with Crippen molar-refractivity contribution in [2.24, 2.45) is 22.9 Å². The molecule has 148 valence electrons. The van der Waals surface area contributed by atoms with Crippen molar-refractivity contribution in [2.75, 3.05) is 65.9 Å². The maximum atomic E-state index is 5.47. The van der Waals surface area contributed by atoms with Crippen molar-refractivity contribution >= 4 is 0 Å². The summed E-state index contributed by atoms with van der Waals surface area (Å²) in [7, 11) is 0. The van der Waals surface area contributed by atoms with E-state index >= 15 is 0 Å². The van der Waals surface area contributed by atoms with E-state index in [9.17, 15) is 0 Å². The number of ether oxygens (including phenoxy) is 4. The highest BCUT2D eigenvalue weighted by Gasteiger charge is 1.95. The average molecular weight is 353 g/mol. The van der Waals surface area contributed by atoms with E-state index in [0.29, 0.717) is 52.7 Å². The lowest BCUT2D eigenvalue weighted by atomic mass is 10.4. The Hall–Kier alpha value is -0.320. The van der Waals surface area contributed by atoms with Crippen molar-refractivity contribution < 1.29 is 18.9 Å². The minimum atomic E-state index is 0.0958. The molecular weight excluding hydrogens is 312 g/mol. The Labute approximate surface area is 147 Å². The second-order valence-corrected chi connectivity index (χ2v) is 5.61. The van der Waals surface area contributed by atoms with Gasteiger partial charge in [0.25, 0.3) is 0 Å². The molecule has 8 heteroatoms. The van der Waals surface area contributed by atoms with Crippen molar-refractivity contribution in [3.05, 3.63) is 0 Å². The zero-order valence-corrected chi connectivity index (χ0v) is 15.6. The van der Waals surface area contributed by atoms with Gasteiger partial charge in [0.2, 0.25) is 0 Å². The summed E-state index contributed by atoms with van der Waals surface area (Å²) in [6.45, 7) is 10.3. The van der Waals surface area contributed by atoms with Gasteiger partial charge < -0.3 is 41.9 Å². The predicted molar refractivity (Wildman–Crippen MR) is 97.9 cm³/mol. The second-order valence-electron chi connectivity index (χ2n) is 5.61. The van der Waals surface area contributed by atoms with E-state index in [2.05, 4.69) is 0 Å². The molecular formula is C16H40N4O4. The first kappa shape index (κ1) is 25.9. The van der Waals surface area contributed by atoms with Crippen LogP contribution in [0.4, 0.5) is 0 Å². The third-order valence-corrected chi connectivity index (χ3v) is 2.49. The monoisotopic (exact) mass is 352 g/mol.